The number of likely N-dealkylation sites (N-methyl/N-ethyl adjacent to an activating group) is 1. The zero-order valence-corrected chi connectivity index (χ0v) is 24.2. The summed E-state index contributed by atoms with van der Waals surface area (Å²) in [7, 11) is 0.0919. The minimum absolute atomic E-state index is 0.0141. The molecule has 4 aromatic rings. The van der Waals surface area contributed by atoms with Crippen molar-refractivity contribution in [2.75, 3.05) is 26.7 Å². The largest absolute Gasteiger partial charge is 0.504 e. The van der Waals surface area contributed by atoms with Crippen LogP contribution in [-0.2, 0) is 15.5 Å². The molecule has 1 unspecified atom stereocenters. The number of pyridine rings is 1. The Kier molecular flexibility index (Phi) is 8.82. The molecule has 1 N–H and O–H groups in total. The van der Waals surface area contributed by atoms with Gasteiger partial charge in [0.1, 0.15) is 11.6 Å². The molecule has 1 atom stereocenters. The van der Waals surface area contributed by atoms with Crippen molar-refractivity contribution in [2.45, 2.75) is 16.7 Å². The third kappa shape index (κ3) is 6.20. The summed E-state index contributed by atoms with van der Waals surface area (Å²) < 4.78 is 60.0. The molecule has 0 spiro atoms. The summed E-state index contributed by atoms with van der Waals surface area (Å²) in [6.45, 7) is 2.97. The third-order valence-electron chi connectivity index (χ3n) is 6.45. The molecule has 0 fully saturated rings. The number of carbonyl (C=O) groups excluding carboxylic acids is 1. The second-order valence-electron chi connectivity index (χ2n) is 9.35. The Morgan fingerprint density at radius 2 is 1.82 bits per heavy atom. The van der Waals surface area contributed by atoms with Crippen molar-refractivity contribution in [3.8, 4) is 34.9 Å². The molecule has 0 aliphatic carbocycles. The van der Waals surface area contributed by atoms with Crippen LogP contribution in [0.1, 0.15) is 28.4 Å². The second kappa shape index (κ2) is 12.9. The van der Waals surface area contributed by atoms with Crippen LogP contribution in [0.15, 0.2) is 81.6 Å². The van der Waals surface area contributed by atoms with Gasteiger partial charge in [0.25, 0.3) is 5.88 Å². The van der Waals surface area contributed by atoms with E-state index in [4.69, 9.17) is 19.5 Å². The van der Waals surface area contributed by atoms with Crippen LogP contribution in [-0.4, -0.2) is 57.7 Å². The molecule has 1 aromatic heterocycles. The lowest BCUT2D eigenvalue weighted by molar-refractivity contribution is 0.0526. The zero-order chi connectivity index (χ0) is 31.4. The molecule has 0 saturated carbocycles. The van der Waals surface area contributed by atoms with E-state index in [1.165, 1.54) is 42.5 Å². The average molecular weight is 619 g/mol. The van der Waals surface area contributed by atoms with Crippen LogP contribution >= 0.6 is 0 Å². The third-order valence-corrected chi connectivity index (χ3v) is 7.83. The minimum Gasteiger partial charge on any atom is -0.504 e. The van der Waals surface area contributed by atoms with Crippen molar-refractivity contribution in [3.63, 3.8) is 0 Å². The molecule has 2 heterocycles. The lowest BCUT2D eigenvalue weighted by Crippen LogP contribution is -2.24. The highest BCUT2D eigenvalue weighted by atomic mass is 32.2. The van der Waals surface area contributed by atoms with E-state index in [1.807, 2.05) is 11.0 Å². The van der Waals surface area contributed by atoms with Gasteiger partial charge >= 0.3 is 5.97 Å². The lowest BCUT2D eigenvalue weighted by atomic mass is 10.1. The SMILES string of the molecule is CCOC(=O)c1ccc(S(=O)c2ccc(Oc3c(F)cnc(Oc4cc(C#N)ccc4O)c3F)c(C3=NCCN3C)c2)cc1. The number of amidine groups is 1. The van der Waals surface area contributed by atoms with Crippen LogP contribution in [0, 0.1) is 23.0 Å². The maximum absolute atomic E-state index is 15.5. The lowest BCUT2D eigenvalue weighted by Gasteiger charge is -2.19. The zero-order valence-electron chi connectivity index (χ0n) is 23.4. The summed E-state index contributed by atoms with van der Waals surface area (Å²) in [4.78, 5) is 22.7. The Morgan fingerprint density at radius 3 is 2.50 bits per heavy atom. The van der Waals surface area contributed by atoms with Crippen molar-refractivity contribution in [1.82, 2.24) is 9.88 Å². The Balaban J connectivity index is 1.49. The van der Waals surface area contributed by atoms with Gasteiger partial charge in [0.2, 0.25) is 11.6 Å². The van der Waals surface area contributed by atoms with Gasteiger partial charge in [0.05, 0.1) is 52.9 Å². The van der Waals surface area contributed by atoms with E-state index in [-0.39, 0.29) is 29.4 Å². The van der Waals surface area contributed by atoms with Gasteiger partial charge in [-0.1, -0.05) is 0 Å². The Bertz CT molecular complexity index is 1840. The van der Waals surface area contributed by atoms with E-state index in [0.29, 0.717) is 46.0 Å². The standard InChI is InChI=1S/C31H24F2N4O6S/c1-3-41-31(39)19-5-7-20(8-6-19)44(40)21-9-11-25(22(15-21)29-35-12-13-37(29)2)42-28-23(32)17-36-30(27(28)33)43-26-14-18(16-34)4-10-24(26)38/h4-11,14-15,17,38H,3,12-13H2,1-2H3. The van der Waals surface area contributed by atoms with E-state index in [2.05, 4.69) is 9.98 Å². The van der Waals surface area contributed by atoms with Gasteiger partial charge in [-0.05, 0) is 61.5 Å². The van der Waals surface area contributed by atoms with Crippen LogP contribution in [0.3, 0.4) is 0 Å². The van der Waals surface area contributed by atoms with Crippen LogP contribution in [0.5, 0.6) is 28.9 Å². The second-order valence-corrected chi connectivity index (χ2v) is 10.8. The fourth-order valence-electron chi connectivity index (χ4n) is 4.25. The summed E-state index contributed by atoms with van der Waals surface area (Å²) >= 11 is 0. The fraction of sp³-hybridized carbons (Fsp3) is 0.161. The van der Waals surface area contributed by atoms with Gasteiger partial charge in [-0.15, -0.1) is 0 Å². The van der Waals surface area contributed by atoms with E-state index in [0.717, 1.165) is 0 Å². The van der Waals surface area contributed by atoms with Crippen molar-refractivity contribution in [3.05, 3.63) is 95.2 Å². The monoisotopic (exact) mass is 618 g/mol. The number of carbonyl (C=O) groups is 1. The number of halogens is 2. The highest BCUT2D eigenvalue weighted by Gasteiger charge is 2.25. The van der Waals surface area contributed by atoms with Gasteiger partial charge in [0, 0.05) is 29.4 Å². The molecule has 44 heavy (non-hydrogen) atoms. The van der Waals surface area contributed by atoms with Gasteiger partial charge < -0.3 is 24.2 Å². The first-order valence-corrected chi connectivity index (χ1v) is 14.4. The van der Waals surface area contributed by atoms with E-state index < -0.39 is 40.0 Å². The van der Waals surface area contributed by atoms with Crippen molar-refractivity contribution in [2.24, 2.45) is 4.99 Å². The topological polar surface area (TPSA) is 134 Å². The summed E-state index contributed by atoms with van der Waals surface area (Å²) in [5, 5.41) is 19.2. The smallest absolute Gasteiger partial charge is 0.338 e. The molecule has 0 radical (unpaired) electrons. The number of nitrogens with zero attached hydrogens (tertiary/aromatic N) is 4. The van der Waals surface area contributed by atoms with Crippen molar-refractivity contribution in [1.29, 1.82) is 5.26 Å². The number of aliphatic imine (C=N–C) groups is 1. The van der Waals surface area contributed by atoms with Crippen molar-refractivity contribution >= 4 is 22.6 Å². The number of benzene rings is 3. The highest BCUT2D eigenvalue weighted by molar-refractivity contribution is 7.85. The molecular formula is C31H24F2N4O6S. The normalized spacial score (nSPS) is 13.2. The van der Waals surface area contributed by atoms with Crippen LogP contribution in [0.25, 0.3) is 0 Å². The van der Waals surface area contributed by atoms with Gasteiger partial charge in [0.15, 0.2) is 17.3 Å². The first-order chi connectivity index (χ1) is 21.2. The summed E-state index contributed by atoms with van der Waals surface area (Å²) in [5.41, 5.74) is 0.781. The number of ether oxygens (including phenoxy) is 3. The molecule has 224 valence electrons. The minimum atomic E-state index is -1.69. The van der Waals surface area contributed by atoms with Crippen molar-refractivity contribution < 1.29 is 37.1 Å². The quantitative estimate of drug-likeness (QED) is 0.239. The summed E-state index contributed by atoms with van der Waals surface area (Å²) in [6.07, 6.45) is 0.696. The number of aromatic nitrogens is 1. The van der Waals surface area contributed by atoms with Crippen LogP contribution < -0.4 is 9.47 Å². The van der Waals surface area contributed by atoms with Crippen LogP contribution in [0.2, 0.25) is 0 Å². The number of rotatable bonds is 9. The Morgan fingerprint density at radius 1 is 1.07 bits per heavy atom. The summed E-state index contributed by atoms with van der Waals surface area (Å²) in [5.74, 6) is -4.64. The first-order valence-electron chi connectivity index (χ1n) is 13.2. The van der Waals surface area contributed by atoms with E-state index >= 15 is 4.39 Å². The molecule has 10 nitrogen and oxygen atoms in total. The number of esters is 1. The predicted molar refractivity (Wildman–Crippen MR) is 155 cm³/mol. The van der Waals surface area contributed by atoms with Gasteiger partial charge in [-0.25, -0.2) is 18.4 Å². The molecule has 0 bridgehead atoms. The predicted octanol–water partition coefficient (Wildman–Crippen LogP) is 5.56. The van der Waals surface area contributed by atoms with E-state index in [9.17, 15) is 18.5 Å². The molecule has 5 rings (SSSR count). The number of phenolic OH excluding ortho intramolecular Hbond substituents is 1. The summed E-state index contributed by atoms with van der Waals surface area (Å²) in [6, 6.07) is 16.2. The highest BCUT2D eigenvalue weighted by Crippen LogP contribution is 2.38. The molecular weight excluding hydrogens is 594 g/mol. The molecule has 3 aromatic carbocycles. The molecule has 1 aliphatic rings. The maximum atomic E-state index is 15.5. The average Bonchev–Trinajstić information content (AvgIpc) is 3.46. The number of phenols is 1. The molecule has 0 saturated heterocycles. The Labute approximate surface area is 253 Å². The van der Waals surface area contributed by atoms with Gasteiger partial charge in [-0.2, -0.15) is 9.65 Å². The number of hydrogen-bond donors (Lipinski definition) is 1. The van der Waals surface area contributed by atoms with E-state index in [1.54, 1.807) is 32.2 Å². The molecule has 13 heteroatoms. The first kappa shape index (κ1) is 30.1. The fourth-order valence-corrected chi connectivity index (χ4v) is 5.33. The number of hydrogen-bond acceptors (Lipinski definition) is 10. The number of aromatic hydroxyl groups is 1. The van der Waals surface area contributed by atoms with Gasteiger partial charge in [-0.3, -0.25) is 4.99 Å². The molecule has 0 amide bonds. The molecule has 1 aliphatic heterocycles. The maximum Gasteiger partial charge on any atom is 0.338 e. The van der Waals surface area contributed by atoms with Crippen LogP contribution in [0.4, 0.5) is 8.78 Å². The Hall–Kier alpha value is -5.35. The number of nitriles is 1.